The fourth-order valence-corrected chi connectivity index (χ4v) is 3.32. The zero-order valence-corrected chi connectivity index (χ0v) is 17.2. The zero-order chi connectivity index (χ0) is 21.8. The Hall–Kier alpha value is -3.58. The van der Waals surface area contributed by atoms with E-state index < -0.39 is 11.8 Å². The van der Waals surface area contributed by atoms with E-state index in [1.165, 1.54) is 20.1 Å². The van der Waals surface area contributed by atoms with Gasteiger partial charge in [-0.1, -0.05) is 29.8 Å². The molecule has 0 radical (unpaired) electrons. The Morgan fingerprint density at radius 2 is 1.80 bits per heavy atom. The minimum absolute atomic E-state index is 0.0830. The highest BCUT2D eigenvalue weighted by atomic mass is 35.5. The van der Waals surface area contributed by atoms with E-state index in [1.54, 1.807) is 42.5 Å². The Morgan fingerprint density at radius 3 is 2.37 bits per heavy atom. The fourth-order valence-electron chi connectivity index (χ4n) is 3.07. The second-order valence-electron chi connectivity index (χ2n) is 6.49. The Morgan fingerprint density at radius 1 is 1.13 bits per heavy atom. The summed E-state index contributed by atoms with van der Waals surface area (Å²) in [5.74, 6) is -0.612. The Labute approximate surface area is 179 Å². The van der Waals surface area contributed by atoms with Crippen LogP contribution in [-0.4, -0.2) is 36.3 Å². The molecule has 7 nitrogen and oxygen atoms in total. The molecule has 30 heavy (non-hydrogen) atoms. The highest BCUT2D eigenvalue weighted by Crippen LogP contribution is 2.33. The van der Waals surface area contributed by atoms with Gasteiger partial charge in [0.15, 0.2) is 0 Å². The number of amides is 3. The van der Waals surface area contributed by atoms with Crippen LogP contribution in [0.5, 0.6) is 5.75 Å². The number of ether oxygens (including phenoxy) is 1. The third-order valence-electron chi connectivity index (χ3n) is 4.39. The van der Waals surface area contributed by atoms with Crippen LogP contribution in [0.15, 0.2) is 60.8 Å². The van der Waals surface area contributed by atoms with E-state index in [4.69, 9.17) is 16.3 Å². The SMILES string of the molecule is C=CCN1C(=O)C(Nc2ccc(OC)c(Cl)c2)=C(c2ccc(NC(C)=O)cc2)C1=O. The number of rotatable bonds is 7. The molecule has 1 heterocycles. The zero-order valence-electron chi connectivity index (χ0n) is 16.5. The number of methoxy groups -OCH3 is 1. The molecule has 3 rings (SSSR count). The average molecular weight is 426 g/mol. The maximum absolute atomic E-state index is 13.0. The predicted octanol–water partition coefficient (Wildman–Crippen LogP) is 3.69. The number of nitrogens with zero attached hydrogens (tertiary/aromatic N) is 1. The summed E-state index contributed by atoms with van der Waals surface area (Å²) in [5.41, 5.74) is 2.02. The Kier molecular flexibility index (Phi) is 6.23. The molecule has 1 aliphatic heterocycles. The van der Waals surface area contributed by atoms with Crippen molar-refractivity contribution in [2.45, 2.75) is 6.92 Å². The van der Waals surface area contributed by atoms with Crippen molar-refractivity contribution in [2.75, 3.05) is 24.3 Å². The van der Waals surface area contributed by atoms with Crippen molar-refractivity contribution in [3.05, 3.63) is 71.4 Å². The first-order valence-corrected chi connectivity index (χ1v) is 9.43. The maximum atomic E-state index is 13.0. The molecule has 0 unspecified atom stereocenters. The lowest BCUT2D eigenvalue weighted by Gasteiger charge is -2.13. The quantitative estimate of drug-likeness (QED) is 0.522. The van der Waals surface area contributed by atoms with Crippen LogP contribution >= 0.6 is 11.6 Å². The van der Waals surface area contributed by atoms with E-state index >= 15 is 0 Å². The van der Waals surface area contributed by atoms with Gasteiger partial charge >= 0.3 is 0 Å². The number of carbonyl (C=O) groups is 3. The fraction of sp³-hybridized carbons (Fsp3) is 0.136. The van der Waals surface area contributed by atoms with Gasteiger partial charge in [0.2, 0.25) is 5.91 Å². The number of halogens is 1. The lowest BCUT2D eigenvalue weighted by Crippen LogP contribution is -2.32. The van der Waals surface area contributed by atoms with Gasteiger partial charge in [0.05, 0.1) is 17.7 Å². The van der Waals surface area contributed by atoms with Crippen molar-refractivity contribution in [3.8, 4) is 5.75 Å². The summed E-state index contributed by atoms with van der Waals surface area (Å²) in [6.07, 6.45) is 1.49. The lowest BCUT2D eigenvalue weighted by molar-refractivity contribution is -0.136. The van der Waals surface area contributed by atoms with Crippen LogP contribution in [0, 0.1) is 0 Å². The van der Waals surface area contributed by atoms with Crippen LogP contribution in [0.3, 0.4) is 0 Å². The molecule has 2 aromatic carbocycles. The first-order chi connectivity index (χ1) is 14.3. The van der Waals surface area contributed by atoms with E-state index in [0.29, 0.717) is 27.7 Å². The van der Waals surface area contributed by atoms with E-state index in [1.807, 2.05) is 0 Å². The van der Waals surface area contributed by atoms with Crippen molar-refractivity contribution in [1.82, 2.24) is 4.90 Å². The van der Waals surface area contributed by atoms with E-state index in [9.17, 15) is 14.4 Å². The Bertz CT molecular complexity index is 1060. The molecule has 3 amide bonds. The first kappa shape index (κ1) is 21.1. The number of carbonyl (C=O) groups excluding carboxylic acids is 3. The molecule has 0 aliphatic carbocycles. The van der Waals surface area contributed by atoms with Crippen molar-refractivity contribution < 1.29 is 19.1 Å². The minimum Gasteiger partial charge on any atom is -0.495 e. The van der Waals surface area contributed by atoms with Crippen LogP contribution in [0.2, 0.25) is 5.02 Å². The van der Waals surface area contributed by atoms with Gasteiger partial charge in [-0.25, -0.2) is 0 Å². The second-order valence-corrected chi connectivity index (χ2v) is 6.90. The number of anilines is 2. The van der Waals surface area contributed by atoms with Gasteiger partial charge in [0.1, 0.15) is 11.4 Å². The third kappa shape index (κ3) is 4.21. The van der Waals surface area contributed by atoms with Crippen LogP contribution in [0.25, 0.3) is 5.57 Å². The van der Waals surface area contributed by atoms with Gasteiger partial charge < -0.3 is 15.4 Å². The summed E-state index contributed by atoms with van der Waals surface area (Å²) in [6, 6.07) is 11.6. The van der Waals surface area contributed by atoms with Crippen LogP contribution in [0.4, 0.5) is 11.4 Å². The molecule has 0 spiro atoms. The van der Waals surface area contributed by atoms with Crippen molar-refractivity contribution in [1.29, 1.82) is 0 Å². The molecule has 1 aliphatic rings. The molecule has 0 bridgehead atoms. The molecular weight excluding hydrogens is 406 g/mol. The summed E-state index contributed by atoms with van der Waals surface area (Å²) < 4.78 is 5.14. The van der Waals surface area contributed by atoms with E-state index in [0.717, 1.165) is 4.90 Å². The van der Waals surface area contributed by atoms with Gasteiger partial charge in [-0.15, -0.1) is 6.58 Å². The van der Waals surface area contributed by atoms with Gasteiger partial charge in [-0.05, 0) is 35.9 Å². The molecule has 2 aromatic rings. The van der Waals surface area contributed by atoms with Gasteiger partial charge in [0, 0.05) is 24.8 Å². The molecule has 0 fully saturated rings. The topological polar surface area (TPSA) is 87.7 Å². The highest BCUT2D eigenvalue weighted by Gasteiger charge is 2.38. The summed E-state index contributed by atoms with van der Waals surface area (Å²) in [5, 5.41) is 6.05. The molecule has 8 heteroatoms. The molecule has 0 saturated carbocycles. The number of hydrogen-bond acceptors (Lipinski definition) is 5. The summed E-state index contributed by atoms with van der Waals surface area (Å²) in [4.78, 5) is 38.3. The van der Waals surface area contributed by atoms with Crippen molar-refractivity contribution >= 4 is 46.3 Å². The van der Waals surface area contributed by atoms with Gasteiger partial charge in [-0.2, -0.15) is 0 Å². The molecular formula is C22H20ClN3O4. The lowest BCUT2D eigenvalue weighted by atomic mass is 10.0. The highest BCUT2D eigenvalue weighted by molar-refractivity contribution is 6.37. The third-order valence-corrected chi connectivity index (χ3v) is 4.69. The summed E-state index contributed by atoms with van der Waals surface area (Å²) in [6.45, 7) is 5.10. The van der Waals surface area contributed by atoms with Crippen molar-refractivity contribution in [2.24, 2.45) is 0 Å². The molecule has 2 N–H and O–H groups in total. The minimum atomic E-state index is -0.465. The second kappa shape index (κ2) is 8.84. The molecule has 0 atom stereocenters. The van der Waals surface area contributed by atoms with E-state index in [-0.39, 0.29) is 23.7 Å². The summed E-state index contributed by atoms with van der Waals surface area (Å²) in [7, 11) is 1.51. The van der Waals surface area contributed by atoms with Crippen LogP contribution in [0.1, 0.15) is 12.5 Å². The molecule has 154 valence electrons. The molecule has 0 saturated heterocycles. The van der Waals surface area contributed by atoms with Crippen molar-refractivity contribution in [3.63, 3.8) is 0 Å². The number of imide groups is 1. The molecule has 0 aromatic heterocycles. The largest absolute Gasteiger partial charge is 0.495 e. The Balaban J connectivity index is 2.03. The number of nitrogens with one attached hydrogen (secondary N) is 2. The van der Waals surface area contributed by atoms with E-state index in [2.05, 4.69) is 17.2 Å². The van der Waals surface area contributed by atoms with Crippen LogP contribution < -0.4 is 15.4 Å². The average Bonchev–Trinajstić information content (AvgIpc) is 2.93. The first-order valence-electron chi connectivity index (χ1n) is 9.05. The predicted molar refractivity (Wildman–Crippen MR) is 116 cm³/mol. The standard InChI is InChI=1S/C22H20ClN3O4/c1-4-11-26-21(28)19(14-5-7-15(8-6-14)24-13(2)27)20(22(26)29)25-16-9-10-18(30-3)17(23)12-16/h4-10,12,25H,1,11H2,2-3H3,(H,24,27). The number of benzene rings is 2. The smallest absolute Gasteiger partial charge is 0.278 e. The normalized spacial score (nSPS) is 13.5. The maximum Gasteiger partial charge on any atom is 0.278 e. The monoisotopic (exact) mass is 425 g/mol. The van der Waals surface area contributed by atoms with Gasteiger partial charge in [0.25, 0.3) is 11.8 Å². The summed E-state index contributed by atoms with van der Waals surface area (Å²) >= 11 is 6.18. The van der Waals surface area contributed by atoms with Crippen LogP contribution in [-0.2, 0) is 14.4 Å². The van der Waals surface area contributed by atoms with Gasteiger partial charge in [-0.3, -0.25) is 19.3 Å². The number of hydrogen-bond donors (Lipinski definition) is 2.